The first kappa shape index (κ1) is 12.7. The van der Waals surface area contributed by atoms with Crippen LogP contribution in [0.2, 0.25) is 0 Å². The molecule has 5 nitrogen and oxygen atoms in total. The van der Waals surface area contributed by atoms with Crippen molar-refractivity contribution in [3.63, 3.8) is 0 Å². The average molecular weight is 250 g/mol. The van der Waals surface area contributed by atoms with E-state index in [4.69, 9.17) is 15.6 Å². The molecular formula is C13H18N2O3. The SMILES string of the molecule is CN(CCOc1ccccc1C1(N)CC1)C(=O)O. The fraction of sp³-hybridized carbons (Fsp3) is 0.462. The third-order valence-electron chi connectivity index (χ3n) is 3.22. The number of amides is 1. The fourth-order valence-corrected chi connectivity index (χ4v) is 1.80. The minimum absolute atomic E-state index is 0.241. The van der Waals surface area contributed by atoms with E-state index in [1.165, 1.54) is 11.9 Å². The summed E-state index contributed by atoms with van der Waals surface area (Å²) in [5, 5.41) is 8.72. The van der Waals surface area contributed by atoms with E-state index in [1.807, 2.05) is 24.3 Å². The van der Waals surface area contributed by atoms with Crippen LogP contribution < -0.4 is 10.5 Å². The number of nitrogens with two attached hydrogens (primary N) is 1. The Morgan fingerprint density at radius 1 is 1.50 bits per heavy atom. The zero-order chi connectivity index (χ0) is 13.2. The maximum Gasteiger partial charge on any atom is 0.407 e. The number of likely N-dealkylation sites (N-methyl/N-ethyl adjacent to an activating group) is 1. The Kier molecular flexibility index (Phi) is 3.43. The average Bonchev–Trinajstić information content (AvgIpc) is 3.09. The molecule has 0 bridgehead atoms. The van der Waals surface area contributed by atoms with Crippen molar-refractivity contribution in [3.8, 4) is 5.75 Å². The molecule has 0 heterocycles. The normalized spacial score (nSPS) is 16.1. The molecule has 18 heavy (non-hydrogen) atoms. The van der Waals surface area contributed by atoms with E-state index < -0.39 is 6.09 Å². The first-order chi connectivity index (χ1) is 8.53. The molecule has 98 valence electrons. The van der Waals surface area contributed by atoms with Crippen LogP contribution in [0.15, 0.2) is 24.3 Å². The second-order valence-corrected chi connectivity index (χ2v) is 4.70. The molecule has 1 aromatic carbocycles. The minimum Gasteiger partial charge on any atom is -0.491 e. The van der Waals surface area contributed by atoms with Gasteiger partial charge in [0, 0.05) is 18.2 Å². The molecule has 0 aromatic heterocycles. The van der Waals surface area contributed by atoms with E-state index >= 15 is 0 Å². The quantitative estimate of drug-likeness (QED) is 0.832. The Labute approximate surface area is 106 Å². The van der Waals surface area contributed by atoms with Crippen LogP contribution in [0.25, 0.3) is 0 Å². The molecule has 0 saturated heterocycles. The molecule has 1 saturated carbocycles. The highest BCUT2D eigenvalue weighted by molar-refractivity contribution is 5.64. The molecule has 0 aliphatic heterocycles. The second-order valence-electron chi connectivity index (χ2n) is 4.70. The van der Waals surface area contributed by atoms with E-state index in [0.29, 0.717) is 13.2 Å². The molecule has 1 aromatic rings. The van der Waals surface area contributed by atoms with Crippen molar-refractivity contribution in [2.24, 2.45) is 5.73 Å². The number of ether oxygens (including phenoxy) is 1. The summed E-state index contributed by atoms with van der Waals surface area (Å²) in [4.78, 5) is 11.8. The Bertz CT molecular complexity index is 444. The van der Waals surface area contributed by atoms with Crippen molar-refractivity contribution in [3.05, 3.63) is 29.8 Å². The summed E-state index contributed by atoms with van der Waals surface area (Å²) in [5.41, 5.74) is 6.94. The van der Waals surface area contributed by atoms with Crippen LogP contribution in [0, 0.1) is 0 Å². The Morgan fingerprint density at radius 2 is 2.17 bits per heavy atom. The summed E-state index contributed by atoms with van der Waals surface area (Å²) in [6.07, 6.45) is 0.995. The van der Waals surface area contributed by atoms with Crippen molar-refractivity contribution in [1.82, 2.24) is 4.90 Å². The first-order valence-electron chi connectivity index (χ1n) is 5.98. The smallest absolute Gasteiger partial charge is 0.407 e. The number of hydrogen-bond donors (Lipinski definition) is 2. The van der Waals surface area contributed by atoms with Crippen LogP contribution in [0.3, 0.4) is 0 Å². The summed E-state index contributed by atoms with van der Waals surface area (Å²) in [6, 6.07) is 7.69. The van der Waals surface area contributed by atoms with Gasteiger partial charge in [-0.05, 0) is 18.9 Å². The Morgan fingerprint density at radius 3 is 2.78 bits per heavy atom. The largest absolute Gasteiger partial charge is 0.491 e. The number of carbonyl (C=O) groups is 1. The van der Waals surface area contributed by atoms with Crippen LogP contribution >= 0.6 is 0 Å². The molecule has 1 aliphatic carbocycles. The number of para-hydroxylation sites is 1. The van der Waals surface area contributed by atoms with Gasteiger partial charge >= 0.3 is 6.09 Å². The van der Waals surface area contributed by atoms with E-state index in [-0.39, 0.29) is 5.54 Å². The number of benzene rings is 1. The van der Waals surface area contributed by atoms with E-state index in [0.717, 1.165) is 24.2 Å². The van der Waals surface area contributed by atoms with Crippen molar-refractivity contribution in [2.45, 2.75) is 18.4 Å². The van der Waals surface area contributed by atoms with Gasteiger partial charge in [-0.25, -0.2) is 4.79 Å². The lowest BCUT2D eigenvalue weighted by Gasteiger charge is -2.17. The summed E-state index contributed by atoms with van der Waals surface area (Å²) >= 11 is 0. The zero-order valence-electron chi connectivity index (χ0n) is 10.4. The van der Waals surface area contributed by atoms with Gasteiger partial charge < -0.3 is 20.5 Å². The van der Waals surface area contributed by atoms with E-state index in [9.17, 15) is 4.79 Å². The van der Waals surface area contributed by atoms with Crippen molar-refractivity contribution >= 4 is 6.09 Å². The van der Waals surface area contributed by atoms with Gasteiger partial charge in [-0.2, -0.15) is 0 Å². The number of rotatable bonds is 5. The van der Waals surface area contributed by atoms with Gasteiger partial charge in [-0.1, -0.05) is 18.2 Å². The molecule has 0 atom stereocenters. The standard InChI is InChI=1S/C13H18N2O3/c1-15(12(16)17)8-9-18-11-5-3-2-4-10(11)13(14)6-7-13/h2-5H,6-9,14H2,1H3,(H,16,17). The molecule has 0 unspecified atom stereocenters. The molecule has 1 amide bonds. The van der Waals surface area contributed by atoms with Crippen molar-refractivity contribution in [2.75, 3.05) is 20.2 Å². The van der Waals surface area contributed by atoms with Gasteiger partial charge in [0.25, 0.3) is 0 Å². The zero-order valence-corrected chi connectivity index (χ0v) is 10.4. The van der Waals surface area contributed by atoms with Crippen molar-refractivity contribution in [1.29, 1.82) is 0 Å². The predicted octanol–water partition coefficient (Wildman–Crippen LogP) is 1.62. The lowest BCUT2D eigenvalue weighted by atomic mass is 10.1. The summed E-state index contributed by atoms with van der Waals surface area (Å²) in [6.45, 7) is 0.664. The molecule has 0 radical (unpaired) electrons. The molecule has 3 N–H and O–H groups in total. The highest BCUT2D eigenvalue weighted by atomic mass is 16.5. The molecular weight excluding hydrogens is 232 g/mol. The number of nitrogens with zero attached hydrogens (tertiary/aromatic N) is 1. The van der Waals surface area contributed by atoms with Crippen LogP contribution in [0.1, 0.15) is 18.4 Å². The molecule has 2 rings (SSSR count). The monoisotopic (exact) mass is 250 g/mol. The highest BCUT2D eigenvalue weighted by Gasteiger charge is 2.41. The van der Waals surface area contributed by atoms with E-state index in [1.54, 1.807) is 0 Å². The highest BCUT2D eigenvalue weighted by Crippen LogP contribution is 2.46. The molecule has 5 heteroatoms. The minimum atomic E-state index is -0.954. The number of hydrogen-bond acceptors (Lipinski definition) is 3. The fourth-order valence-electron chi connectivity index (χ4n) is 1.80. The van der Waals surface area contributed by atoms with Crippen LogP contribution in [0.5, 0.6) is 5.75 Å². The van der Waals surface area contributed by atoms with Gasteiger partial charge in [-0.15, -0.1) is 0 Å². The summed E-state index contributed by atoms with van der Waals surface area (Å²) in [5.74, 6) is 0.760. The predicted molar refractivity (Wildman–Crippen MR) is 67.7 cm³/mol. The third-order valence-corrected chi connectivity index (χ3v) is 3.22. The second kappa shape index (κ2) is 4.86. The lowest BCUT2D eigenvalue weighted by molar-refractivity contribution is 0.147. The molecule has 0 spiro atoms. The van der Waals surface area contributed by atoms with Gasteiger partial charge in [0.2, 0.25) is 0 Å². The molecule has 1 aliphatic rings. The third kappa shape index (κ3) is 2.73. The molecule has 1 fully saturated rings. The van der Waals surface area contributed by atoms with Crippen LogP contribution in [0.4, 0.5) is 4.79 Å². The lowest BCUT2D eigenvalue weighted by Crippen LogP contribution is -2.29. The maximum atomic E-state index is 10.6. The number of carboxylic acid groups (broad SMARTS) is 1. The topological polar surface area (TPSA) is 75.8 Å². The first-order valence-corrected chi connectivity index (χ1v) is 5.98. The maximum absolute atomic E-state index is 10.6. The van der Waals surface area contributed by atoms with Crippen LogP contribution in [-0.2, 0) is 5.54 Å². The van der Waals surface area contributed by atoms with Gasteiger partial charge in [0.1, 0.15) is 12.4 Å². The van der Waals surface area contributed by atoms with Gasteiger partial charge in [-0.3, -0.25) is 0 Å². The Hall–Kier alpha value is -1.75. The summed E-state index contributed by atoms with van der Waals surface area (Å²) < 4.78 is 5.64. The Balaban J connectivity index is 1.95. The van der Waals surface area contributed by atoms with Crippen LogP contribution in [-0.4, -0.2) is 36.3 Å². The summed E-state index contributed by atoms with van der Waals surface area (Å²) in [7, 11) is 1.52. The van der Waals surface area contributed by atoms with E-state index in [2.05, 4.69) is 0 Å². The van der Waals surface area contributed by atoms with Gasteiger partial charge in [0.05, 0.1) is 6.54 Å². The van der Waals surface area contributed by atoms with Gasteiger partial charge in [0.15, 0.2) is 0 Å². The van der Waals surface area contributed by atoms with Crippen molar-refractivity contribution < 1.29 is 14.6 Å².